The number of hydrogen-bond donors (Lipinski definition) is 2. The van der Waals surface area contributed by atoms with Crippen LogP contribution in [0, 0.1) is 5.41 Å². The average molecular weight is 304 g/mol. The Morgan fingerprint density at radius 1 is 1.09 bits per heavy atom. The van der Waals surface area contributed by atoms with E-state index in [9.17, 15) is 9.59 Å². The van der Waals surface area contributed by atoms with E-state index in [-0.39, 0.29) is 17.9 Å². The molecule has 0 aliphatic carbocycles. The summed E-state index contributed by atoms with van der Waals surface area (Å²) in [6, 6.07) is 7.75. The van der Waals surface area contributed by atoms with Crippen molar-refractivity contribution in [1.82, 2.24) is 5.32 Å². The van der Waals surface area contributed by atoms with E-state index >= 15 is 0 Å². The van der Waals surface area contributed by atoms with Crippen LogP contribution >= 0.6 is 0 Å². The molecule has 2 N–H and O–H groups in total. The van der Waals surface area contributed by atoms with Crippen LogP contribution in [0.15, 0.2) is 24.3 Å². The number of amides is 2. The quantitative estimate of drug-likeness (QED) is 0.787. The molecule has 0 aliphatic heterocycles. The summed E-state index contributed by atoms with van der Waals surface area (Å²) < 4.78 is 0. The van der Waals surface area contributed by atoms with Crippen molar-refractivity contribution in [3.8, 4) is 0 Å². The number of anilines is 1. The number of benzene rings is 1. The van der Waals surface area contributed by atoms with Gasteiger partial charge in [-0.2, -0.15) is 0 Å². The average Bonchev–Trinajstić information content (AvgIpc) is 2.47. The Labute approximate surface area is 133 Å². The molecule has 1 atom stereocenters. The van der Waals surface area contributed by atoms with Gasteiger partial charge in [0.1, 0.15) is 5.41 Å². The molecule has 0 saturated carbocycles. The van der Waals surface area contributed by atoms with Crippen molar-refractivity contribution in [3.05, 3.63) is 29.8 Å². The van der Waals surface area contributed by atoms with E-state index in [4.69, 9.17) is 0 Å². The van der Waals surface area contributed by atoms with Crippen molar-refractivity contribution in [2.45, 2.75) is 59.9 Å². The van der Waals surface area contributed by atoms with Crippen molar-refractivity contribution in [2.24, 2.45) is 5.41 Å². The summed E-state index contributed by atoms with van der Waals surface area (Å²) in [4.78, 5) is 24.9. The highest BCUT2D eigenvalue weighted by Gasteiger charge is 2.36. The highest BCUT2D eigenvalue weighted by Crippen LogP contribution is 2.26. The SMILES string of the molecule is CCC(C)NC(=O)C(C)(C)C(=O)Nc1ccccc1C(C)C. The first-order valence-corrected chi connectivity index (χ1v) is 7.91. The lowest BCUT2D eigenvalue weighted by atomic mass is 9.90. The molecule has 122 valence electrons. The lowest BCUT2D eigenvalue weighted by Gasteiger charge is -2.25. The molecule has 1 unspecified atom stereocenters. The molecule has 4 heteroatoms. The molecule has 0 heterocycles. The van der Waals surface area contributed by atoms with Crippen LogP contribution in [0.1, 0.15) is 59.4 Å². The van der Waals surface area contributed by atoms with E-state index in [0.717, 1.165) is 17.7 Å². The summed E-state index contributed by atoms with van der Waals surface area (Å²) >= 11 is 0. The Kier molecular flexibility index (Phi) is 6.15. The molecular formula is C18H28N2O2. The van der Waals surface area contributed by atoms with Gasteiger partial charge in [0.15, 0.2) is 0 Å². The molecule has 0 spiro atoms. The molecule has 0 aliphatic rings. The van der Waals surface area contributed by atoms with Gasteiger partial charge in [-0.25, -0.2) is 0 Å². The van der Waals surface area contributed by atoms with Gasteiger partial charge in [0.05, 0.1) is 0 Å². The topological polar surface area (TPSA) is 58.2 Å². The summed E-state index contributed by atoms with van der Waals surface area (Å²) in [6.45, 7) is 11.4. The van der Waals surface area contributed by atoms with E-state index in [0.29, 0.717) is 5.92 Å². The smallest absolute Gasteiger partial charge is 0.239 e. The Balaban J connectivity index is 2.90. The van der Waals surface area contributed by atoms with Crippen molar-refractivity contribution >= 4 is 17.5 Å². The predicted octanol–water partition coefficient (Wildman–Crippen LogP) is 3.69. The minimum absolute atomic E-state index is 0.0579. The number of para-hydroxylation sites is 1. The second-order valence-corrected chi connectivity index (χ2v) is 6.60. The monoisotopic (exact) mass is 304 g/mol. The standard InChI is InChI=1S/C18H28N2O2/c1-7-13(4)19-16(21)18(5,6)17(22)20-15-11-9-8-10-14(15)12(2)3/h8-13H,7H2,1-6H3,(H,19,21)(H,20,22). The minimum atomic E-state index is -1.12. The van der Waals surface area contributed by atoms with Crippen LogP contribution in [0.5, 0.6) is 0 Å². The third kappa shape index (κ3) is 4.33. The van der Waals surface area contributed by atoms with Gasteiger partial charge in [-0.15, -0.1) is 0 Å². The fourth-order valence-corrected chi connectivity index (χ4v) is 2.00. The zero-order chi connectivity index (χ0) is 16.9. The van der Waals surface area contributed by atoms with Gasteiger partial charge in [-0.1, -0.05) is 39.0 Å². The van der Waals surface area contributed by atoms with Crippen LogP contribution in [0.3, 0.4) is 0 Å². The Morgan fingerprint density at radius 2 is 1.68 bits per heavy atom. The number of rotatable bonds is 6. The normalized spacial score (nSPS) is 12.9. The molecule has 0 aromatic heterocycles. The first kappa shape index (κ1) is 18.2. The van der Waals surface area contributed by atoms with Gasteiger partial charge in [-0.05, 0) is 44.7 Å². The largest absolute Gasteiger partial charge is 0.353 e. The summed E-state index contributed by atoms with van der Waals surface area (Å²) in [7, 11) is 0. The van der Waals surface area contributed by atoms with Gasteiger partial charge in [0, 0.05) is 11.7 Å². The van der Waals surface area contributed by atoms with E-state index in [1.807, 2.05) is 38.1 Å². The van der Waals surface area contributed by atoms with Crippen molar-refractivity contribution < 1.29 is 9.59 Å². The van der Waals surface area contributed by atoms with Crippen LogP contribution in [-0.2, 0) is 9.59 Å². The number of carbonyl (C=O) groups is 2. The maximum Gasteiger partial charge on any atom is 0.239 e. The van der Waals surface area contributed by atoms with Crippen LogP contribution < -0.4 is 10.6 Å². The fraction of sp³-hybridized carbons (Fsp3) is 0.556. The Bertz CT molecular complexity index is 536. The maximum atomic E-state index is 12.5. The van der Waals surface area contributed by atoms with Gasteiger partial charge in [0.2, 0.25) is 11.8 Å². The van der Waals surface area contributed by atoms with E-state index < -0.39 is 5.41 Å². The van der Waals surface area contributed by atoms with Crippen LogP contribution in [0.25, 0.3) is 0 Å². The van der Waals surface area contributed by atoms with Crippen molar-refractivity contribution in [3.63, 3.8) is 0 Å². The molecule has 4 nitrogen and oxygen atoms in total. The first-order valence-electron chi connectivity index (χ1n) is 7.91. The maximum absolute atomic E-state index is 12.5. The molecular weight excluding hydrogens is 276 g/mol. The van der Waals surface area contributed by atoms with Crippen LogP contribution in [0.2, 0.25) is 0 Å². The third-order valence-corrected chi connectivity index (χ3v) is 3.96. The molecule has 0 bridgehead atoms. The molecule has 0 radical (unpaired) electrons. The first-order chi connectivity index (χ1) is 10.2. The van der Waals surface area contributed by atoms with Gasteiger partial charge in [0.25, 0.3) is 0 Å². The number of hydrogen-bond acceptors (Lipinski definition) is 2. The second kappa shape index (κ2) is 7.43. The molecule has 22 heavy (non-hydrogen) atoms. The molecule has 1 aromatic rings. The number of carbonyl (C=O) groups excluding carboxylic acids is 2. The Morgan fingerprint density at radius 3 is 2.23 bits per heavy atom. The lowest BCUT2D eigenvalue weighted by Crippen LogP contribution is -2.47. The summed E-state index contributed by atoms with van der Waals surface area (Å²) in [5, 5.41) is 5.78. The summed E-state index contributed by atoms with van der Waals surface area (Å²) in [5.74, 6) is -0.240. The zero-order valence-electron chi connectivity index (χ0n) is 14.5. The predicted molar refractivity (Wildman–Crippen MR) is 90.8 cm³/mol. The van der Waals surface area contributed by atoms with Gasteiger partial charge < -0.3 is 10.6 Å². The van der Waals surface area contributed by atoms with E-state index in [1.165, 1.54) is 0 Å². The van der Waals surface area contributed by atoms with E-state index in [2.05, 4.69) is 24.5 Å². The third-order valence-electron chi connectivity index (χ3n) is 3.96. The summed E-state index contributed by atoms with van der Waals surface area (Å²) in [5.41, 5.74) is 0.717. The molecule has 0 fully saturated rings. The van der Waals surface area contributed by atoms with Crippen LogP contribution in [-0.4, -0.2) is 17.9 Å². The second-order valence-electron chi connectivity index (χ2n) is 6.60. The van der Waals surface area contributed by atoms with Gasteiger partial charge >= 0.3 is 0 Å². The highest BCUT2D eigenvalue weighted by molar-refractivity contribution is 6.10. The molecule has 2 amide bonds. The lowest BCUT2D eigenvalue weighted by molar-refractivity contribution is -0.138. The van der Waals surface area contributed by atoms with Crippen molar-refractivity contribution in [1.29, 1.82) is 0 Å². The summed E-state index contributed by atoms with van der Waals surface area (Å²) in [6.07, 6.45) is 0.833. The highest BCUT2D eigenvalue weighted by atomic mass is 16.2. The van der Waals surface area contributed by atoms with Crippen molar-refractivity contribution in [2.75, 3.05) is 5.32 Å². The number of nitrogens with one attached hydrogen (secondary N) is 2. The fourth-order valence-electron chi connectivity index (χ4n) is 2.00. The molecule has 0 saturated heterocycles. The minimum Gasteiger partial charge on any atom is -0.353 e. The molecule has 1 rings (SSSR count). The molecule has 1 aromatic carbocycles. The zero-order valence-corrected chi connectivity index (χ0v) is 14.5. The Hall–Kier alpha value is -1.84. The van der Waals surface area contributed by atoms with Gasteiger partial charge in [-0.3, -0.25) is 9.59 Å². The van der Waals surface area contributed by atoms with E-state index in [1.54, 1.807) is 13.8 Å². The van der Waals surface area contributed by atoms with Crippen LogP contribution in [0.4, 0.5) is 5.69 Å².